The maximum atomic E-state index is 5.69. The minimum absolute atomic E-state index is 0.486. The fourth-order valence-electron chi connectivity index (χ4n) is 1.95. The number of nitrogens with zero attached hydrogens (tertiary/aromatic N) is 2. The molecule has 0 amide bonds. The quantitative estimate of drug-likeness (QED) is 0.752. The normalized spacial score (nSPS) is 10.9. The fourth-order valence-corrected chi connectivity index (χ4v) is 1.95. The Morgan fingerprint density at radius 2 is 2.05 bits per heavy atom. The second-order valence-corrected chi connectivity index (χ2v) is 5.13. The summed E-state index contributed by atoms with van der Waals surface area (Å²) < 4.78 is 7.88. The molecule has 20 heavy (non-hydrogen) atoms. The largest absolute Gasteiger partial charge is 0.494 e. The van der Waals surface area contributed by atoms with Crippen LogP contribution in [0, 0.1) is 0 Å². The van der Waals surface area contributed by atoms with Gasteiger partial charge in [0.15, 0.2) is 0 Å². The first-order chi connectivity index (χ1) is 9.75. The summed E-state index contributed by atoms with van der Waals surface area (Å²) in [7, 11) is 0. The van der Waals surface area contributed by atoms with Crippen LogP contribution in [0.1, 0.15) is 26.0 Å². The topological polar surface area (TPSA) is 39.1 Å². The van der Waals surface area contributed by atoms with Gasteiger partial charge in [0, 0.05) is 25.3 Å². The third-order valence-corrected chi connectivity index (χ3v) is 3.05. The van der Waals surface area contributed by atoms with Crippen molar-refractivity contribution in [1.29, 1.82) is 0 Å². The highest BCUT2D eigenvalue weighted by Crippen LogP contribution is 2.09. The Balaban J connectivity index is 1.73. The van der Waals surface area contributed by atoms with Crippen LogP contribution in [0.15, 0.2) is 42.9 Å². The van der Waals surface area contributed by atoms with Gasteiger partial charge >= 0.3 is 0 Å². The lowest BCUT2D eigenvalue weighted by Gasteiger charge is -2.11. The third-order valence-electron chi connectivity index (χ3n) is 3.05. The molecule has 0 atom stereocenters. The molecule has 1 heterocycles. The zero-order valence-electron chi connectivity index (χ0n) is 12.2. The molecule has 2 aromatic rings. The molecule has 1 N–H and O–H groups in total. The molecule has 0 radical (unpaired) electrons. The molecule has 1 aromatic heterocycles. The number of rotatable bonds is 8. The van der Waals surface area contributed by atoms with Gasteiger partial charge in [0.2, 0.25) is 0 Å². The zero-order valence-corrected chi connectivity index (χ0v) is 12.2. The Morgan fingerprint density at radius 1 is 1.25 bits per heavy atom. The van der Waals surface area contributed by atoms with Crippen molar-refractivity contribution in [2.75, 3.05) is 6.61 Å². The van der Waals surface area contributed by atoms with Gasteiger partial charge in [0.25, 0.3) is 0 Å². The molecule has 0 fully saturated rings. The van der Waals surface area contributed by atoms with E-state index in [9.17, 15) is 0 Å². The number of nitrogens with one attached hydrogen (secondary N) is 1. The predicted octanol–water partition coefficient (Wildman–Crippen LogP) is 2.85. The van der Waals surface area contributed by atoms with Crippen molar-refractivity contribution in [3.63, 3.8) is 0 Å². The van der Waals surface area contributed by atoms with Gasteiger partial charge in [-0.3, -0.25) is 0 Å². The molecule has 0 unspecified atom stereocenters. The predicted molar refractivity (Wildman–Crippen MR) is 80.8 cm³/mol. The van der Waals surface area contributed by atoms with Crippen LogP contribution in [-0.4, -0.2) is 22.2 Å². The van der Waals surface area contributed by atoms with Gasteiger partial charge < -0.3 is 14.6 Å². The number of ether oxygens (including phenoxy) is 1. The Morgan fingerprint density at radius 3 is 2.80 bits per heavy atom. The molecule has 0 saturated carbocycles. The van der Waals surface area contributed by atoms with Crippen LogP contribution in [0.2, 0.25) is 0 Å². The molecule has 4 heteroatoms. The lowest BCUT2D eigenvalue weighted by Crippen LogP contribution is -2.23. The number of benzene rings is 1. The first kappa shape index (κ1) is 14.6. The van der Waals surface area contributed by atoms with Crippen molar-refractivity contribution in [3.05, 3.63) is 48.5 Å². The number of aryl methyl sites for hydroxylation is 1. The van der Waals surface area contributed by atoms with E-state index in [1.165, 1.54) is 5.69 Å². The molecule has 0 aliphatic heterocycles. The van der Waals surface area contributed by atoms with Gasteiger partial charge in [-0.25, -0.2) is 4.98 Å². The SMILES string of the molecule is CC(C)NCc1cncn1CCCOc1ccccc1. The average Bonchev–Trinajstić information content (AvgIpc) is 2.90. The van der Waals surface area contributed by atoms with Gasteiger partial charge in [-0.05, 0) is 18.6 Å². The average molecular weight is 273 g/mol. The van der Waals surface area contributed by atoms with Gasteiger partial charge in [0.1, 0.15) is 5.75 Å². The summed E-state index contributed by atoms with van der Waals surface area (Å²) in [6.45, 7) is 6.81. The molecule has 0 bridgehead atoms. The summed E-state index contributed by atoms with van der Waals surface area (Å²) in [5.74, 6) is 0.930. The van der Waals surface area contributed by atoms with E-state index in [4.69, 9.17) is 4.74 Å². The molecular weight excluding hydrogens is 250 g/mol. The third kappa shape index (κ3) is 4.70. The van der Waals surface area contributed by atoms with E-state index in [-0.39, 0.29) is 0 Å². The lowest BCUT2D eigenvalue weighted by molar-refractivity contribution is 0.300. The van der Waals surface area contributed by atoms with Crippen molar-refractivity contribution < 1.29 is 4.74 Å². The van der Waals surface area contributed by atoms with Crippen molar-refractivity contribution in [2.24, 2.45) is 0 Å². The van der Waals surface area contributed by atoms with E-state index in [0.717, 1.165) is 31.9 Å². The monoisotopic (exact) mass is 273 g/mol. The van der Waals surface area contributed by atoms with Crippen molar-refractivity contribution >= 4 is 0 Å². The molecule has 0 saturated heterocycles. The van der Waals surface area contributed by atoms with E-state index in [0.29, 0.717) is 6.04 Å². The number of aromatic nitrogens is 2. The first-order valence-electron chi connectivity index (χ1n) is 7.16. The molecule has 1 aromatic carbocycles. The van der Waals surface area contributed by atoms with Gasteiger partial charge in [-0.2, -0.15) is 0 Å². The second-order valence-electron chi connectivity index (χ2n) is 5.13. The Hall–Kier alpha value is -1.81. The van der Waals surface area contributed by atoms with Crippen LogP contribution >= 0.6 is 0 Å². The van der Waals surface area contributed by atoms with Crippen LogP contribution in [-0.2, 0) is 13.1 Å². The van der Waals surface area contributed by atoms with Crippen LogP contribution in [0.25, 0.3) is 0 Å². The Labute approximate surface area is 120 Å². The van der Waals surface area contributed by atoms with Crippen LogP contribution < -0.4 is 10.1 Å². The molecule has 0 spiro atoms. The first-order valence-corrected chi connectivity index (χ1v) is 7.16. The summed E-state index contributed by atoms with van der Waals surface area (Å²) in [6, 6.07) is 10.4. The summed E-state index contributed by atoms with van der Waals surface area (Å²) in [6.07, 6.45) is 4.78. The van der Waals surface area contributed by atoms with Gasteiger partial charge in [0.05, 0.1) is 18.6 Å². The summed E-state index contributed by atoms with van der Waals surface area (Å²) in [4.78, 5) is 4.22. The van der Waals surface area contributed by atoms with Gasteiger partial charge in [-0.1, -0.05) is 32.0 Å². The lowest BCUT2D eigenvalue weighted by atomic mass is 10.3. The van der Waals surface area contributed by atoms with E-state index in [1.807, 2.05) is 42.9 Å². The van der Waals surface area contributed by atoms with Crippen molar-refractivity contribution in [3.8, 4) is 5.75 Å². The summed E-state index contributed by atoms with van der Waals surface area (Å²) >= 11 is 0. The highest BCUT2D eigenvalue weighted by Gasteiger charge is 2.02. The highest BCUT2D eigenvalue weighted by molar-refractivity contribution is 5.20. The van der Waals surface area contributed by atoms with Crippen molar-refractivity contribution in [1.82, 2.24) is 14.9 Å². The van der Waals surface area contributed by atoms with Crippen LogP contribution in [0.5, 0.6) is 5.75 Å². The number of hydrogen-bond acceptors (Lipinski definition) is 3. The smallest absolute Gasteiger partial charge is 0.119 e. The number of para-hydroxylation sites is 1. The van der Waals surface area contributed by atoms with Crippen LogP contribution in [0.4, 0.5) is 0 Å². The molecule has 2 rings (SSSR count). The molecule has 0 aliphatic carbocycles. The van der Waals surface area contributed by atoms with E-state index < -0.39 is 0 Å². The minimum atomic E-state index is 0.486. The molecule has 4 nitrogen and oxygen atoms in total. The molecule has 0 aliphatic rings. The van der Waals surface area contributed by atoms with E-state index >= 15 is 0 Å². The maximum Gasteiger partial charge on any atom is 0.119 e. The Bertz CT molecular complexity index is 493. The highest BCUT2D eigenvalue weighted by atomic mass is 16.5. The second kappa shape index (κ2) is 7.70. The Kier molecular flexibility index (Phi) is 5.62. The van der Waals surface area contributed by atoms with Crippen LogP contribution in [0.3, 0.4) is 0 Å². The minimum Gasteiger partial charge on any atom is -0.494 e. The standard InChI is InChI=1S/C16H23N3O/c1-14(2)18-12-15-11-17-13-19(15)9-6-10-20-16-7-4-3-5-8-16/h3-5,7-8,11,13-14,18H,6,9-10,12H2,1-2H3. The van der Waals surface area contributed by atoms with E-state index in [1.54, 1.807) is 0 Å². The molecular formula is C16H23N3O. The van der Waals surface area contributed by atoms with Gasteiger partial charge in [-0.15, -0.1) is 0 Å². The zero-order chi connectivity index (χ0) is 14.2. The number of imidazole rings is 1. The summed E-state index contributed by atoms with van der Waals surface area (Å²) in [5, 5.41) is 3.41. The summed E-state index contributed by atoms with van der Waals surface area (Å²) in [5.41, 5.74) is 1.22. The van der Waals surface area contributed by atoms with Crippen molar-refractivity contribution in [2.45, 2.75) is 39.4 Å². The fraction of sp³-hybridized carbons (Fsp3) is 0.438. The molecule has 108 valence electrons. The number of hydrogen-bond donors (Lipinski definition) is 1. The van der Waals surface area contributed by atoms with E-state index in [2.05, 4.69) is 28.7 Å². The maximum absolute atomic E-state index is 5.69.